The van der Waals surface area contributed by atoms with Gasteiger partial charge in [-0.05, 0) is 6.42 Å². The van der Waals surface area contributed by atoms with Gasteiger partial charge in [0, 0.05) is 20.1 Å². The number of hydrogen-bond donors (Lipinski definition) is 1. The molecule has 0 aliphatic carbocycles. The molecule has 2 heterocycles. The molecule has 106 valence electrons. The SMILES string of the molecule is CNc1ncnc(N(C)C2CCS(=O)(=O)C2)c1OC. The van der Waals surface area contributed by atoms with Gasteiger partial charge in [0.1, 0.15) is 6.33 Å². The highest BCUT2D eigenvalue weighted by Crippen LogP contribution is 2.33. The van der Waals surface area contributed by atoms with Crippen molar-refractivity contribution < 1.29 is 13.2 Å². The minimum atomic E-state index is -2.93. The molecule has 0 saturated carbocycles. The number of sulfone groups is 1. The highest BCUT2D eigenvalue weighted by molar-refractivity contribution is 7.91. The standard InChI is InChI=1S/C11H18N4O3S/c1-12-10-9(18-3)11(14-7-13-10)15(2)8-4-5-19(16,17)6-8/h7-8H,4-6H2,1-3H3,(H,12,13,14). The Labute approximate surface area is 112 Å². The number of nitrogens with one attached hydrogen (secondary N) is 1. The molecule has 1 N–H and O–H groups in total. The van der Waals surface area contributed by atoms with Gasteiger partial charge in [-0.1, -0.05) is 0 Å². The molecule has 0 amide bonds. The smallest absolute Gasteiger partial charge is 0.204 e. The highest BCUT2D eigenvalue weighted by atomic mass is 32.2. The number of hydrogen-bond acceptors (Lipinski definition) is 7. The predicted molar refractivity (Wildman–Crippen MR) is 73.6 cm³/mol. The summed E-state index contributed by atoms with van der Waals surface area (Å²) < 4.78 is 28.4. The van der Waals surface area contributed by atoms with Gasteiger partial charge in [0.25, 0.3) is 0 Å². The van der Waals surface area contributed by atoms with Crippen LogP contribution in [-0.4, -0.2) is 57.1 Å². The third-order valence-corrected chi connectivity index (χ3v) is 5.07. The molecule has 1 aromatic heterocycles. The van der Waals surface area contributed by atoms with Gasteiger partial charge in [0.05, 0.1) is 18.6 Å². The molecule has 0 spiro atoms. The zero-order chi connectivity index (χ0) is 14.0. The summed E-state index contributed by atoms with van der Waals surface area (Å²) in [4.78, 5) is 10.1. The largest absolute Gasteiger partial charge is 0.490 e. The number of ether oxygens (including phenoxy) is 1. The Bertz CT molecular complexity index is 561. The van der Waals surface area contributed by atoms with E-state index in [1.54, 1.807) is 14.2 Å². The van der Waals surface area contributed by atoms with E-state index < -0.39 is 9.84 Å². The molecule has 2 rings (SSSR count). The lowest BCUT2D eigenvalue weighted by Crippen LogP contribution is -2.33. The summed E-state index contributed by atoms with van der Waals surface area (Å²) in [6, 6.07) is -0.0708. The Hall–Kier alpha value is -1.57. The van der Waals surface area contributed by atoms with E-state index in [0.29, 0.717) is 23.8 Å². The quantitative estimate of drug-likeness (QED) is 0.843. The molecule has 1 fully saturated rings. The number of methoxy groups -OCH3 is 1. The van der Waals surface area contributed by atoms with Crippen molar-refractivity contribution in [2.45, 2.75) is 12.5 Å². The number of anilines is 2. The molecule has 1 atom stereocenters. The van der Waals surface area contributed by atoms with Crippen molar-refractivity contribution in [3.8, 4) is 5.75 Å². The van der Waals surface area contributed by atoms with Gasteiger partial charge in [-0.25, -0.2) is 18.4 Å². The van der Waals surface area contributed by atoms with E-state index >= 15 is 0 Å². The van der Waals surface area contributed by atoms with E-state index in [9.17, 15) is 8.42 Å². The van der Waals surface area contributed by atoms with Crippen LogP contribution in [0, 0.1) is 0 Å². The van der Waals surface area contributed by atoms with Crippen LogP contribution in [0.1, 0.15) is 6.42 Å². The minimum Gasteiger partial charge on any atom is -0.490 e. The van der Waals surface area contributed by atoms with Crippen molar-refractivity contribution in [3.63, 3.8) is 0 Å². The fourth-order valence-corrected chi connectivity index (χ4v) is 4.01. The Morgan fingerprint density at radius 2 is 2.21 bits per heavy atom. The normalized spacial score (nSPS) is 21.1. The third-order valence-electron chi connectivity index (χ3n) is 3.32. The van der Waals surface area contributed by atoms with Crippen LogP contribution in [0.25, 0.3) is 0 Å². The molecular formula is C11H18N4O3S. The lowest BCUT2D eigenvalue weighted by atomic mass is 10.2. The first-order valence-corrected chi connectivity index (χ1v) is 7.80. The lowest BCUT2D eigenvalue weighted by Gasteiger charge is -2.26. The van der Waals surface area contributed by atoms with Gasteiger partial charge in [-0.15, -0.1) is 0 Å². The highest BCUT2D eigenvalue weighted by Gasteiger charge is 2.32. The van der Waals surface area contributed by atoms with Crippen LogP contribution < -0.4 is 15.0 Å². The van der Waals surface area contributed by atoms with Crippen molar-refractivity contribution in [3.05, 3.63) is 6.33 Å². The summed E-state index contributed by atoms with van der Waals surface area (Å²) in [5, 5.41) is 2.93. The molecule has 1 aliphatic heterocycles. The fourth-order valence-electron chi connectivity index (χ4n) is 2.24. The molecule has 7 nitrogen and oxygen atoms in total. The molecule has 1 unspecified atom stereocenters. The molecule has 1 aliphatic rings. The molecule has 1 saturated heterocycles. The van der Waals surface area contributed by atoms with Crippen LogP contribution in [0.3, 0.4) is 0 Å². The van der Waals surface area contributed by atoms with E-state index in [-0.39, 0.29) is 17.5 Å². The van der Waals surface area contributed by atoms with E-state index in [0.717, 1.165) is 0 Å². The average molecular weight is 286 g/mol. The van der Waals surface area contributed by atoms with E-state index in [4.69, 9.17) is 4.74 Å². The summed E-state index contributed by atoms with van der Waals surface area (Å²) in [6.45, 7) is 0. The first-order valence-electron chi connectivity index (χ1n) is 5.98. The molecule has 1 aromatic rings. The zero-order valence-corrected chi connectivity index (χ0v) is 12.1. The van der Waals surface area contributed by atoms with Crippen LogP contribution in [0.15, 0.2) is 6.33 Å². The first-order chi connectivity index (χ1) is 8.98. The third kappa shape index (κ3) is 2.73. The summed E-state index contributed by atoms with van der Waals surface area (Å²) >= 11 is 0. The van der Waals surface area contributed by atoms with Gasteiger partial charge < -0.3 is 15.0 Å². The maximum absolute atomic E-state index is 11.6. The first kappa shape index (κ1) is 13.9. The summed E-state index contributed by atoms with van der Waals surface area (Å²) in [6.07, 6.45) is 2.05. The second-order valence-electron chi connectivity index (χ2n) is 4.50. The minimum absolute atomic E-state index is 0.0708. The molecule has 8 heteroatoms. The summed E-state index contributed by atoms with van der Waals surface area (Å²) in [5.74, 6) is 2.10. The van der Waals surface area contributed by atoms with Crippen LogP contribution in [-0.2, 0) is 9.84 Å². The van der Waals surface area contributed by atoms with Crippen molar-refractivity contribution in [2.24, 2.45) is 0 Å². The van der Waals surface area contributed by atoms with E-state index in [1.807, 2.05) is 11.9 Å². The van der Waals surface area contributed by atoms with Crippen molar-refractivity contribution >= 4 is 21.5 Å². The maximum atomic E-state index is 11.6. The van der Waals surface area contributed by atoms with Gasteiger partial charge in [0.2, 0.25) is 5.75 Å². The van der Waals surface area contributed by atoms with Gasteiger partial charge in [-0.3, -0.25) is 0 Å². The van der Waals surface area contributed by atoms with Gasteiger partial charge >= 0.3 is 0 Å². The Kier molecular flexibility index (Phi) is 3.79. The predicted octanol–water partition coefficient (Wildman–Crippen LogP) is 0.150. The zero-order valence-electron chi connectivity index (χ0n) is 11.3. The van der Waals surface area contributed by atoms with Gasteiger partial charge in [0.15, 0.2) is 21.5 Å². The number of rotatable bonds is 4. The van der Waals surface area contributed by atoms with E-state index in [1.165, 1.54) is 6.33 Å². The van der Waals surface area contributed by atoms with E-state index in [2.05, 4.69) is 15.3 Å². The Morgan fingerprint density at radius 1 is 1.47 bits per heavy atom. The molecule has 0 aromatic carbocycles. The van der Waals surface area contributed by atoms with Gasteiger partial charge in [-0.2, -0.15) is 0 Å². The summed E-state index contributed by atoms with van der Waals surface area (Å²) in [5.41, 5.74) is 0. The molecule has 0 bridgehead atoms. The van der Waals surface area contributed by atoms with Crippen molar-refractivity contribution in [1.82, 2.24) is 9.97 Å². The number of nitrogens with zero attached hydrogens (tertiary/aromatic N) is 3. The maximum Gasteiger partial charge on any atom is 0.204 e. The number of aromatic nitrogens is 2. The second-order valence-corrected chi connectivity index (χ2v) is 6.73. The Morgan fingerprint density at radius 3 is 2.74 bits per heavy atom. The van der Waals surface area contributed by atoms with Crippen molar-refractivity contribution in [2.75, 3.05) is 42.9 Å². The van der Waals surface area contributed by atoms with Crippen LogP contribution in [0.5, 0.6) is 5.75 Å². The molecule has 19 heavy (non-hydrogen) atoms. The molecular weight excluding hydrogens is 268 g/mol. The topological polar surface area (TPSA) is 84.4 Å². The molecule has 0 radical (unpaired) electrons. The van der Waals surface area contributed by atoms with Crippen molar-refractivity contribution in [1.29, 1.82) is 0 Å². The van der Waals surface area contributed by atoms with Crippen LogP contribution in [0.4, 0.5) is 11.6 Å². The monoisotopic (exact) mass is 286 g/mol. The van der Waals surface area contributed by atoms with Crippen LogP contribution >= 0.6 is 0 Å². The summed E-state index contributed by atoms with van der Waals surface area (Å²) in [7, 11) is 2.19. The lowest BCUT2D eigenvalue weighted by molar-refractivity contribution is 0.411. The second kappa shape index (κ2) is 5.20. The average Bonchev–Trinajstić information content (AvgIpc) is 2.77. The Balaban J connectivity index is 2.31. The van der Waals surface area contributed by atoms with Crippen LogP contribution in [0.2, 0.25) is 0 Å². The fraction of sp³-hybridized carbons (Fsp3) is 0.636.